The number of ether oxygens (including phenoxy) is 1. The van der Waals surface area contributed by atoms with E-state index < -0.39 is 0 Å². The number of amides is 1. The van der Waals surface area contributed by atoms with E-state index in [2.05, 4.69) is 34.5 Å². The molecule has 0 unspecified atom stereocenters. The van der Waals surface area contributed by atoms with Gasteiger partial charge in [0.15, 0.2) is 0 Å². The third kappa shape index (κ3) is 3.69. The fourth-order valence-electron chi connectivity index (χ4n) is 3.72. The van der Waals surface area contributed by atoms with Crippen LogP contribution in [-0.2, 0) is 24.2 Å². The molecule has 1 amide bonds. The number of fused-ring (bicyclic) bond motifs is 2. The van der Waals surface area contributed by atoms with Gasteiger partial charge in [0, 0.05) is 26.2 Å². The number of rotatable bonds is 4. The number of benzene rings is 2. The van der Waals surface area contributed by atoms with E-state index >= 15 is 0 Å². The number of carbonyl (C=O) groups excluding carboxylic acids is 1. The molecule has 4 rings (SSSR count). The predicted molar refractivity (Wildman–Crippen MR) is 97.6 cm³/mol. The summed E-state index contributed by atoms with van der Waals surface area (Å²) < 4.78 is 5.72. The number of carbonyl (C=O) groups is 1. The van der Waals surface area contributed by atoms with Gasteiger partial charge in [0.25, 0.3) is 0 Å². The Morgan fingerprint density at radius 3 is 2.72 bits per heavy atom. The zero-order valence-corrected chi connectivity index (χ0v) is 14.4. The fraction of sp³-hybridized carbons (Fsp3) is 0.381. The SMILES string of the molecule is O=C(NCCN1CCc2ccccc2C1)[C@H]1COc2ccccc2C1. The number of para-hydroxylation sites is 1. The second-order valence-electron chi connectivity index (χ2n) is 6.91. The molecule has 0 fully saturated rings. The summed E-state index contributed by atoms with van der Waals surface area (Å²) in [5.74, 6) is 0.933. The minimum Gasteiger partial charge on any atom is -0.492 e. The van der Waals surface area contributed by atoms with Gasteiger partial charge in [0.05, 0.1) is 5.92 Å². The fourth-order valence-corrected chi connectivity index (χ4v) is 3.72. The van der Waals surface area contributed by atoms with Gasteiger partial charge in [-0.3, -0.25) is 9.69 Å². The summed E-state index contributed by atoms with van der Waals surface area (Å²) in [7, 11) is 0. The molecule has 0 radical (unpaired) electrons. The molecule has 1 atom stereocenters. The average molecular weight is 336 g/mol. The monoisotopic (exact) mass is 336 g/mol. The molecule has 0 saturated heterocycles. The van der Waals surface area contributed by atoms with Crippen LogP contribution in [0.2, 0.25) is 0 Å². The zero-order valence-electron chi connectivity index (χ0n) is 14.4. The van der Waals surface area contributed by atoms with Crippen LogP contribution in [0.3, 0.4) is 0 Å². The van der Waals surface area contributed by atoms with Crippen LogP contribution in [0.1, 0.15) is 16.7 Å². The Labute approximate surface area is 148 Å². The van der Waals surface area contributed by atoms with E-state index in [1.165, 1.54) is 11.1 Å². The third-order valence-electron chi connectivity index (χ3n) is 5.19. The quantitative estimate of drug-likeness (QED) is 0.932. The van der Waals surface area contributed by atoms with E-state index in [-0.39, 0.29) is 11.8 Å². The Hall–Kier alpha value is -2.33. The average Bonchev–Trinajstić information content (AvgIpc) is 2.67. The number of nitrogens with zero attached hydrogens (tertiary/aromatic N) is 1. The molecule has 2 aromatic carbocycles. The number of nitrogens with one attached hydrogen (secondary N) is 1. The summed E-state index contributed by atoms with van der Waals surface area (Å²) in [6.45, 7) is 4.10. The predicted octanol–water partition coefficient (Wildman–Crippen LogP) is 2.41. The molecule has 2 aromatic rings. The summed E-state index contributed by atoms with van der Waals surface area (Å²) in [4.78, 5) is 14.9. The minimum absolute atomic E-state index is 0.0861. The topological polar surface area (TPSA) is 41.6 Å². The van der Waals surface area contributed by atoms with Gasteiger partial charge >= 0.3 is 0 Å². The normalized spacial score (nSPS) is 19.4. The first kappa shape index (κ1) is 16.2. The first-order valence-corrected chi connectivity index (χ1v) is 9.07. The molecule has 4 nitrogen and oxygen atoms in total. The standard InChI is InChI=1S/C21H24N2O2/c24-21(19-13-17-6-3-4-8-20(17)25-15-19)22-10-12-23-11-9-16-5-1-2-7-18(16)14-23/h1-8,19H,9-15H2,(H,22,24)/t19-/m1/s1. The lowest BCUT2D eigenvalue weighted by Gasteiger charge is -2.29. The van der Waals surface area contributed by atoms with Crippen LogP contribution in [0.4, 0.5) is 0 Å². The molecule has 0 aromatic heterocycles. The molecule has 4 heteroatoms. The second-order valence-corrected chi connectivity index (χ2v) is 6.91. The lowest BCUT2D eigenvalue weighted by molar-refractivity contribution is -0.126. The largest absolute Gasteiger partial charge is 0.492 e. The van der Waals surface area contributed by atoms with Gasteiger partial charge in [-0.2, -0.15) is 0 Å². The van der Waals surface area contributed by atoms with Crippen molar-refractivity contribution < 1.29 is 9.53 Å². The highest BCUT2D eigenvalue weighted by Gasteiger charge is 2.25. The van der Waals surface area contributed by atoms with Crippen molar-refractivity contribution in [3.63, 3.8) is 0 Å². The lowest BCUT2D eigenvalue weighted by Crippen LogP contribution is -2.42. The van der Waals surface area contributed by atoms with Gasteiger partial charge in [-0.15, -0.1) is 0 Å². The van der Waals surface area contributed by atoms with E-state index in [0.717, 1.165) is 43.8 Å². The Morgan fingerprint density at radius 2 is 1.84 bits per heavy atom. The minimum atomic E-state index is -0.0861. The molecule has 2 heterocycles. The number of hydrogen-bond donors (Lipinski definition) is 1. The van der Waals surface area contributed by atoms with E-state index in [1.54, 1.807) is 0 Å². The highest BCUT2D eigenvalue weighted by atomic mass is 16.5. The molecule has 2 aliphatic rings. The van der Waals surface area contributed by atoms with Gasteiger partial charge in [-0.25, -0.2) is 0 Å². The van der Waals surface area contributed by atoms with Crippen LogP contribution in [-0.4, -0.2) is 37.0 Å². The van der Waals surface area contributed by atoms with Crippen molar-refractivity contribution in [1.82, 2.24) is 10.2 Å². The molecule has 130 valence electrons. The summed E-state index contributed by atoms with van der Waals surface area (Å²) in [5, 5.41) is 3.09. The van der Waals surface area contributed by atoms with E-state index in [9.17, 15) is 4.79 Å². The van der Waals surface area contributed by atoms with E-state index in [1.807, 2.05) is 24.3 Å². The van der Waals surface area contributed by atoms with Crippen molar-refractivity contribution in [1.29, 1.82) is 0 Å². The van der Waals surface area contributed by atoms with Crippen LogP contribution >= 0.6 is 0 Å². The number of hydrogen-bond acceptors (Lipinski definition) is 3. The second kappa shape index (κ2) is 7.28. The maximum absolute atomic E-state index is 12.4. The molecule has 1 N–H and O–H groups in total. The Kier molecular flexibility index (Phi) is 4.70. The van der Waals surface area contributed by atoms with Crippen molar-refractivity contribution in [3.05, 3.63) is 65.2 Å². The molecule has 0 bridgehead atoms. The van der Waals surface area contributed by atoms with Crippen molar-refractivity contribution in [2.75, 3.05) is 26.2 Å². The smallest absolute Gasteiger partial charge is 0.226 e. The van der Waals surface area contributed by atoms with Gasteiger partial charge in [0.1, 0.15) is 12.4 Å². The maximum atomic E-state index is 12.4. The molecule has 0 saturated carbocycles. The van der Waals surface area contributed by atoms with Crippen LogP contribution in [0.5, 0.6) is 5.75 Å². The molecule has 2 aliphatic heterocycles. The van der Waals surface area contributed by atoms with Gasteiger partial charge in [-0.05, 0) is 35.6 Å². The van der Waals surface area contributed by atoms with Crippen LogP contribution < -0.4 is 10.1 Å². The first-order valence-electron chi connectivity index (χ1n) is 9.07. The highest BCUT2D eigenvalue weighted by Crippen LogP contribution is 2.26. The zero-order chi connectivity index (χ0) is 17.1. The summed E-state index contributed by atoms with van der Waals surface area (Å²) in [6.07, 6.45) is 1.86. The Morgan fingerprint density at radius 1 is 1.08 bits per heavy atom. The highest BCUT2D eigenvalue weighted by molar-refractivity contribution is 5.79. The van der Waals surface area contributed by atoms with Gasteiger partial charge < -0.3 is 10.1 Å². The molecule has 0 spiro atoms. The third-order valence-corrected chi connectivity index (χ3v) is 5.19. The summed E-state index contributed by atoms with van der Waals surface area (Å²) >= 11 is 0. The lowest BCUT2D eigenvalue weighted by atomic mass is 9.96. The van der Waals surface area contributed by atoms with Crippen molar-refractivity contribution >= 4 is 5.91 Å². The Balaban J connectivity index is 1.25. The molecular weight excluding hydrogens is 312 g/mol. The van der Waals surface area contributed by atoms with E-state index in [4.69, 9.17) is 4.74 Å². The van der Waals surface area contributed by atoms with Gasteiger partial charge in [-0.1, -0.05) is 42.5 Å². The maximum Gasteiger partial charge on any atom is 0.226 e. The molecule has 25 heavy (non-hydrogen) atoms. The summed E-state index contributed by atoms with van der Waals surface area (Å²) in [5.41, 5.74) is 4.00. The van der Waals surface area contributed by atoms with Crippen molar-refractivity contribution in [2.45, 2.75) is 19.4 Å². The van der Waals surface area contributed by atoms with E-state index in [0.29, 0.717) is 13.2 Å². The molecule has 0 aliphatic carbocycles. The Bertz CT molecular complexity index is 759. The molecular formula is C21H24N2O2. The van der Waals surface area contributed by atoms with Crippen molar-refractivity contribution in [2.24, 2.45) is 5.92 Å². The van der Waals surface area contributed by atoms with Gasteiger partial charge in [0.2, 0.25) is 5.91 Å². The summed E-state index contributed by atoms with van der Waals surface area (Å²) in [6, 6.07) is 16.6. The first-order chi connectivity index (χ1) is 12.3. The van der Waals surface area contributed by atoms with Crippen LogP contribution in [0.25, 0.3) is 0 Å². The van der Waals surface area contributed by atoms with Crippen molar-refractivity contribution in [3.8, 4) is 5.75 Å². The van der Waals surface area contributed by atoms with Crippen LogP contribution in [0.15, 0.2) is 48.5 Å². The van der Waals surface area contributed by atoms with Crippen LogP contribution in [0, 0.1) is 5.92 Å².